The van der Waals surface area contributed by atoms with Crippen molar-refractivity contribution in [1.82, 2.24) is 0 Å². The summed E-state index contributed by atoms with van der Waals surface area (Å²) in [7, 11) is 0. The fraction of sp³-hybridized carbons (Fsp3) is 0.500. The van der Waals surface area contributed by atoms with Crippen molar-refractivity contribution in [1.29, 1.82) is 0 Å². The molecule has 0 heterocycles. The monoisotopic (exact) mass is 293 g/mol. The van der Waals surface area contributed by atoms with E-state index >= 15 is 0 Å². The maximum atomic E-state index is 12.4. The van der Waals surface area contributed by atoms with E-state index in [0.29, 0.717) is 5.56 Å². The normalized spacial score (nSPS) is 14.3. The molecule has 21 heavy (non-hydrogen) atoms. The van der Waals surface area contributed by atoms with E-state index in [1.807, 2.05) is 25.1 Å². The van der Waals surface area contributed by atoms with Gasteiger partial charge in [0.2, 0.25) is 0 Å². The van der Waals surface area contributed by atoms with Crippen LogP contribution in [0.15, 0.2) is 24.3 Å². The quantitative estimate of drug-likeness (QED) is 0.812. The minimum absolute atomic E-state index is 0.294. The molecule has 1 aromatic rings. The largest absolute Gasteiger partial charge is 0.481 e. The third kappa shape index (κ3) is 5.55. The van der Waals surface area contributed by atoms with Crippen LogP contribution in [0.25, 0.3) is 0 Å². The lowest BCUT2D eigenvalue weighted by atomic mass is 9.89. The Labute approximate surface area is 125 Å². The van der Waals surface area contributed by atoms with Crippen LogP contribution in [0.4, 0.5) is 0 Å². The zero-order valence-electron chi connectivity index (χ0n) is 12.9. The number of nitrogens with two attached hydrogens (primary N) is 1. The molecule has 1 aromatic carbocycles. The molecule has 116 valence electrons. The lowest BCUT2D eigenvalue weighted by Gasteiger charge is -2.27. The number of carbonyl (C=O) groups excluding carboxylic acids is 1. The molecule has 0 aliphatic carbocycles. The molecule has 0 unspecified atom stereocenters. The Kier molecular flexibility index (Phi) is 5.49. The van der Waals surface area contributed by atoms with Gasteiger partial charge >= 0.3 is 11.9 Å². The summed E-state index contributed by atoms with van der Waals surface area (Å²) in [6, 6.07) is 6.48. The highest BCUT2D eigenvalue weighted by Crippen LogP contribution is 2.25. The molecule has 5 heteroatoms. The van der Waals surface area contributed by atoms with Crippen LogP contribution in [0.5, 0.6) is 0 Å². The molecule has 0 bridgehead atoms. The number of benzene rings is 1. The van der Waals surface area contributed by atoms with Crippen LogP contribution < -0.4 is 5.73 Å². The van der Waals surface area contributed by atoms with Gasteiger partial charge in [0, 0.05) is 6.04 Å². The summed E-state index contributed by atoms with van der Waals surface area (Å²) in [6.07, 6.45) is -0.294. The number of esters is 1. The highest BCUT2D eigenvalue weighted by atomic mass is 16.6. The SMILES string of the molecule is Cc1cccc([C@H](C(=O)OC(C)(C)C)[C@@H](N)CC(=O)O)c1. The highest BCUT2D eigenvalue weighted by Gasteiger charge is 2.32. The summed E-state index contributed by atoms with van der Waals surface area (Å²) >= 11 is 0. The van der Waals surface area contributed by atoms with Gasteiger partial charge < -0.3 is 15.6 Å². The number of carboxylic acid groups (broad SMARTS) is 1. The second kappa shape index (κ2) is 6.72. The van der Waals surface area contributed by atoms with Crippen molar-refractivity contribution < 1.29 is 19.4 Å². The first-order valence-electron chi connectivity index (χ1n) is 6.87. The van der Waals surface area contributed by atoms with Gasteiger partial charge in [0.25, 0.3) is 0 Å². The summed E-state index contributed by atoms with van der Waals surface area (Å²) in [6.45, 7) is 7.20. The average Bonchev–Trinajstić information content (AvgIpc) is 2.25. The molecule has 5 nitrogen and oxygen atoms in total. The van der Waals surface area contributed by atoms with Crippen molar-refractivity contribution in [3.63, 3.8) is 0 Å². The maximum absolute atomic E-state index is 12.4. The van der Waals surface area contributed by atoms with Crippen molar-refractivity contribution >= 4 is 11.9 Å². The number of aliphatic carboxylic acids is 1. The number of hydrogen-bond donors (Lipinski definition) is 2. The zero-order valence-corrected chi connectivity index (χ0v) is 12.9. The second-order valence-corrected chi connectivity index (χ2v) is 6.19. The first-order valence-corrected chi connectivity index (χ1v) is 6.87. The van der Waals surface area contributed by atoms with E-state index < -0.39 is 29.5 Å². The fourth-order valence-corrected chi connectivity index (χ4v) is 2.11. The molecule has 0 radical (unpaired) electrons. The van der Waals surface area contributed by atoms with E-state index in [1.165, 1.54) is 0 Å². The number of aryl methyl sites for hydroxylation is 1. The highest BCUT2D eigenvalue weighted by molar-refractivity contribution is 5.81. The van der Waals surface area contributed by atoms with E-state index in [-0.39, 0.29) is 6.42 Å². The number of ether oxygens (including phenoxy) is 1. The third-order valence-corrected chi connectivity index (χ3v) is 2.90. The van der Waals surface area contributed by atoms with Crippen molar-refractivity contribution in [2.24, 2.45) is 5.73 Å². The third-order valence-electron chi connectivity index (χ3n) is 2.90. The molecule has 0 aromatic heterocycles. The Balaban J connectivity index is 3.10. The molecular weight excluding hydrogens is 270 g/mol. The van der Waals surface area contributed by atoms with E-state index in [9.17, 15) is 9.59 Å². The smallest absolute Gasteiger partial charge is 0.315 e. The Morgan fingerprint density at radius 3 is 2.43 bits per heavy atom. The van der Waals surface area contributed by atoms with Gasteiger partial charge in [-0.1, -0.05) is 29.8 Å². The minimum atomic E-state index is -1.04. The Bertz CT molecular complexity index is 519. The van der Waals surface area contributed by atoms with Gasteiger partial charge in [-0.2, -0.15) is 0 Å². The molecule has 0 saturated heterocycles. The molecule has 3 N–H and O–H groups in total. The van der Waals surface area contributed by atoms with Gasteiger partial charge in [0.1, 0.15) is 5.60 Å². The first-order chi connectivity index (χ1) is 9.60. The van der Waals surface area contributed by atoms with Crippen LogP contribution >= 0.6 is 0 Å². The summed E-state index contributed by atoms with van der Waals surface area (Å²) in [5, 5.41) is 8.92. The topological polar surface area (TPSA) is 89.6 Å². The predicted molar refractivity (Wildman–Crippen MR) is 80.0 cm³/mol. The van der Waals surface area contributed by atoms with Crippen molar-refractivity contribution in [3.8, 4) is 0 Å². The molecule has 1 rings (SSSR count). The summed E-state index contributed by atoms with van der Waals surface area (Å²) < 4.78 is 5.38. The van der Waals surface area contributed by atoms with E-state index in [4.69, 9.17) is 15.6 Å². The van der Waals surface area contributed by atoms with Gasteiger partial charge in [-0.15, -0.1) is 0 Å². The summed E-state index contributed by atoms with van der Waals surface area (Å²) in [5.41, 5.74) is 6.94. The van der Waals surface area contributed by atoms with E-state index in [1.54, 1.807) is 26.8 Å². The molecule has 0 amide bonds. The van der Waals surface area contributed by atoms with Gasteiger partial charge in [0.05, 0.1) is 12.3 Å². The van der Waals surface area contributed by atoms with Gasteiger partial charge in [-0.25, -0.2) is 0 Å². The number of hydrogen-bond acceptors (Lipinski definition) is 4. The molecule has 0 aliphatic heterocycles. The van der Waals surface area contributed by atoms with E-state index in [0.717, 1.165) is 5.56 Å². The lowest BCUT2D eigenvalue weighted by Crippen LogP contribution is -2.39. The van der Waals surface area contributed by atoms with Crippen molar-refractivity contribution in [2.75, 3.05) is 0 Å². The van der Waals surface area contributed by atoms with Crippen LogP contribution in [0.1, 0.15) is 44.2 Å². The molecule has 0 saturated carbocycles. The zero-order chi connectivity index (χ0) is 16.2. The average molecular weight is 293 g/mol. The van der Waals surface area contributed by atoms with Crippen LogP contribution in [-0.2, 0) is 14.3 Å². The lowest BCUT2D eigenvalue weighted by molar-refractivity contribution is -0.157. The number of carboxylic acids is 1. The summed E-state index contributed by atoms with van der Waals surface area (Å²) in [4.78, 5) is 23.3. The Morgan fingerprint density at radius 1 is 1.33 bits per heavy atom. The standard InChI is InChI=1S/C16H23NO4/c1-10-6-5-7-11(8-10)14(12(17)9-13(18)19)15(20)21-16(2,3)4/h5-8,12,14H,9,17H2,1-4H3,(H,18,19)/t12-,14-/m0/s1. The second-order valence-electron chi connectivity index (χ2n) is 6.19. The van der Waals surface area contributed by atoms with Gasteiger partial charge in [-0.3, -0.25) is 9.59 Å². The van der Waals surface area contributed by atoms with Crippen LogP contribution in [0.3, 0.4) is 0 Å². The van der Waals surface area contributed by atoms with E-state index in [2.05, 4.69) is 0 Å². The van der Waals surface area contributed by atoms with Crippen molar-refractivity contribution in [2.45, 2.75) is 51.7 Å². The summed E-state index contributed by atoms with van der Waals surface area (Å²) in [5.74, 6) is -2.33. The molecule has 0 aliphatic rings. The minimum Gasteiger partial charge on any atom is -0.481 e. The van der Waals surface area contributed by atoms with Crippen LogP contribution in [-0.4, -0.2) is 28.7 Å². The van der Waals surface area contributed by atoms with Crippen LogP contribution in [0.2, 0.25) is 0 Å². The van der Waals surface area contributed by atoms with Crippen molar-refractivity contribution in [3.05, 3.63) is 35.4 Å². The molecular formula is C16H23NO4. The fourth-order valence-electron chi connectivity index (χ4n) is 2.11. The maximum Gasteiger partial charge on any atom is 0.315 e. The Hall–Kier alpha value is -1.88. The molecule has 2 atom stereocenters. The van der Waals surface area contributed by atoms with Gasteiger partial charge in [0.15, 0.2) is 0 Å². The van der Waals surface area contributed by atoms with Crippen LogP contribution in [0, 0.1) is 6.92 Å². The number of carbonyl (C=O) groups is 2. The molecule has 0 fully saturated rings. The molecule has 0 spiro atoms. The Morgan fingerprint density at radius 2 is 1.95 bits per heavy atom. The predicted octanol–water partition coefficient (Wildman–Crippen LogP) is 2.22. The number of rotatable bonds is 5. The van der Waals surface area contributed by atoms with Gasteiger partial charge in [-0.05, 0) is 33.3 Å². The first kappa shape index (κ1) is 17.2.